The number of guanidine groups is 1. The van der Waals surface area contributed by atoms with Crippen molar-refractivity contribution in [1.29, 1.82) is 0 Å². The summed E-state index contributed by atoms with van der Waals surface area (Å²) in [7, 11) is 4.11. The van der Waals surface area contributed by atoms with Crippen LogP contribution in [0.15, 0.2) is 53.6 Å². The third kappa shape index (κ3) is 4.92. The number of nitrogens with one attached hydrogen (secondary N) is 1. The van der Waals surface area contributed by atoms with E-state index in [0.29, 0.717) is 5.92 Å². The summed E-state index contributed by atoms with van der Waals surface area (Å²) >= 11 is 0. The SMILES string of the molecule is C=CN(C)c1cc(C2CCC(C)CC2)cc(F)c1C1(C)CCN(C2=NC3=C(CCCN3C)C(=C)N2)CC1. The molecule has 0 unspecified atom stereocenters. The van der Waals surface area contributed by atoms with Gasteiger partial charge in [-0.3, -0.25) is 0 Å². The number of halogens is 1. The Morgan fingerprint density at radius 1 is 1.16 bits per heavy atom. The second-order valence-corrected chi connectivity index (χ2v) is 12.1. The molecule has 0 radical (unpaired) electrons. The summed E-state index contributed by atoms with van der Waals surface area (Å²) < 4.78 is 16.1. The van der Waals surface area contributed by atoms with Crippen molar-refractivity contribution in [1.82, 2.24) is 15.1 Å². The van der Waals surface area contributed by atoms with Gasteiger partial charge < -0.3 is 20.0 Å². The molecule has 0 atom stereocenters. The molecule has 0 amide bonds. The van der Waals surface area contributed by atoms with Crippen LogP contribution in [0.2, 0.25) is 0 Å². The fraction of sp³-hybridized carbons (Fsp3) is 0.581. The number of allylic oxidation sites excluding steroid dienone is 1. The summed E-state index contributed by atoms with van der Waals surface area (Å²) in [5, 5.41) is 3.47. The van der Waals surface area contributed by atoms with Gasteiger partial charge in [0.1, 0.15) is 11.6 Å². The first-order valence-corrected chi connectivity index (χ1v) is 14.1. The van der Waals surface area contributed by atoms with Crippen LogP contribution in [0.3, 0.4) is 0 Å². The van der Waals surface area contributed by atoms with E-state index in [1.807, 2.05) is 24.2 Å². The van der Waals surface area contributed by atoms with Crippen molar-refractivity contribution in [3.8, 4) is 0 Å². The molecule has 37 heavy (non-hydrogen) atoms. The third-order valence-electron chi connectivity index (χ3n) is 9.39. The molecule has 200 valence electrons. The fourth-order valence-corrected chi connectivity index (χ4v) is 6.75. The number of likely N-dealkylation sites (tertiary alicyclic amines) is 1. The second kappa shape index (κ2) is 10.2. The first-order chi connectivity index (χ1) is 17.7. The largest absolute Gasteiger partial charge is 0.359 e. The zero-order chi connectivity index (χ0) is 26.3. The van der Waals surface area contributed by atoms with Crippen molar-refractivity contribution in [2.75, 3.05) is 38.6 Å². The standard InChI is InChI=1S/C31H44FN5/c1-7-35(5)27-20-24(23-12-10-21(2)11-13-23)19-26(32)28(27)31(4)14-17-37(18-15-31)30-33-22(3)25-9-8-16-36(6)29(25)34-30/h7,19-21,23H,1,3,8-18H2,2,4-6H3,(H,33,34). The minimum absolute atomic E-state index is 0.0593. The molecule has 5 nitrogen and oxygen atoms in total. The predicted octanol–water partition coefficient (Wildman–Crippen LogP) is 6.46. The lowest BCUT2D eigenvalue weighted by molar-refractivity contribution is 0.231. The van der Waals surface area contributed by atoms with Crippen LogP contribution in [0.5, 0.6) is 0 Å². The van der Waals surface area contributed by atoms with Gasteiger partial charge in [0.15, 0.2) is 0 Å². The molecule has 1 aromatic rings. The molecule has 0 spiro atoms. The van der Waals surface area contributed by atoms with Gasteiger partial charge in [-0.05, 0) is 74.3 Å². The Balaban J connectivity index is 1.39. The smallest absolute Gasteiger partial charge is 0.205 e. The summed E-state index contributed by atoms with van der Waals surface area (Å²) in [5.74, 6) is 3.10. The fourth-order valence-electron chi connectivity index (χ4n) is 6.75. The van der Waals surface area contributed by atoms with Gasteiger partial charge in [-0.15, -0.1) is 0 Å². The Morgan fingerprint density at radius 2 is 1.86 bits per heavy atom. The average molecular weight is 506 g/mol. The zero-order valence-electron chi connectivity index (χ0n) is 23.2. The first kappa shape index (κ1) is 25.9. The number of piperidine rings is 1. The van der Waals surface area contributed by atoms with Crippen LogP contribution >= 0.6 is 0 Å². The first-order valence-electron chi connectivity index (χ1n) is 14.1. The molecular weight excluding hydrogens is 461 g/mol. The monoisotopic (exact) mass is 505 g/mol. The summed E-state index contributed by atoms with van der Waals surface area (Å²) in [6.45, 7) is 15.5. The molecule has 1 aliphatic carbocycles. The van der Waals surface area contributed by atoms with Crippen molar-refractivity contribution in [3.63, 3.8) is 0 Å². The molecule has 0 aromatic heterocycles. The number of anilines is 1. The van der Waals surface area contributed by atoms with Crippen molar-refractivity contribution < 1.29 is 4.39 Å². The van der Waals surface area contributed by atoms with E-state index < -0.39 is 0 Å². The highest BCUT2D eigenvalue weighted by molar-refractivity contribution is 5.85. The van der Waals surface area contributed by atoms with Gasteiger partial charge in [0.05, 0.1) is 0 Å². The van der Waals surface area contributed by atoms with Crippen LogP contribution in [0.1, 0.15) is 82.3 Å². The maximum Gasteiger partial charge on any atom is 0.205 e. The van der Waals surface area contributed by atoms with Gasteiger partial charge >= 0.3 is 0 Å². The topological polar surface area (TPSA) is 34.1 Å². The lowest BCUT2D eigenvalue weighted by atomic mass is 9.72. The van der Waals surface area contributed by atoms with Gasteiger partial charge in [-0.2, -0.15) is 4.99 Å². The molecule has 0 bridgehead atoms. The van der Waals surface area contributed by atoms with E-state index >= 15 is 4.39 Å². The van der Waals surface area contributed by atoms with Gasteiger partial charge in [0.25, 0.3) is 0 Å². The van der Waals surface area contributed by atoms with Crippen molar-refractivity contribution in [2.24, 2.45) is 10.9 Å². The number of rotatable bonds is 4. The van der Waals surface area contributed by atoms with E-state index in [9.17, 15) is 0 Å². The number of aliphatic imine (C=N–C) groups is 1. The zero-order valence-corrected chi connectivity index (χ0v) is 23.2. The summed E-state index contributed by atoms with van der Waals surface area (Å²) in [4.78, 5) is 11.6. The molecule has 1 saturated heterocycles. The van der Waals surface area contributed by atoms with E-state index in [-0.39, 0.29) is 11.2 Å². The number of nitrogens with zero attached hydrogens (tertiary/aromatic N) is 4. The van der Waals surface area contributed by atoms with E-state index in [1.165, 1.54) is 18.4 Å². The van der Waals surface area contributed by atoms with Crippen molar-refractivity contribution in [2.45, 2.75) is 76.5 Å². The summed E-state index contributed by atoms with van der Waals surface area (Å²) in [6.07, 6.45) is 10.4. The Hall–Kier alpha value is -2.76. The number of hydrogen-bond acceptors (Lipinski definition) is 5. The highest BCUT2D eigenvalue weighted by atomic mass is 19.1. The van der Waals surface area contributed by atoms with Gasteiger partial charge in [0.2, 0.25) is 5.96 Å². The van der Waals surface area contributed by atoms with Crippen LogP contribution in [0, 0.1) is 11.7 Å². The molecule has 3 aliphatic heterocycles. The number of benzene rings is 1. The Labute approximate surface area is 222 Å². The lowest BCUT2D eigenvalue weighted by Crippen LogP contribution is -2.50. The lowest BCUT2D eigenvalue weighted by Gasteiger charge is -2.44. The van der Waals surface area contributed by atoms with Gasteiger partial charge in [0, 0.05) is 61.7 Å². The molecule has 6 heteroatoms. The van der Waals surface area contributed by atoms with E-state index in [1.54, 1.807) is 0 Å². The quantitative estimate of drug-likeness (QED) is 0.509. The van der Waals surface area contributed by atoms with E-state index in [0.717, 1.165) is 98.4 Å². The Bertz CT molecular complexity index is 1120. The minimum Gasteiger partial charge on any atom is -0.359 e. The van der Waals surface area contributed by atoms with E-state index in [2.05, 4.69) is 55.2 Å². The molecule has 3 heterocycles. The van der Waals surface area contributed by atoms with E-state index in [4.69, 9.17) is 4.99 Å². The molecule has 1 saturated carbocycles. The molecule has 4 aliphatic rings. The predicted molar refractivity (Wildman–Crippen MR) is 152 cm³/mol. The van der Waals surface area contributed by atoms with Crippen molar-refractivity contribution >= 4 is 11.6 Å². The minimum atomic E-state index is -0.259. The summed E-state index contributed by atoms with van der Waals surface area (Å²) in [5.41, 5.74) is 4.89. The highest BCUT2D eigenvalue weighted by Crippen LogP contribution is 2.45. The van der Waals surface area contributed by atoms with Crippen LogP contribution in [-0.4, -0.2) is 49.5 Å². The van der Waals surface area contributed by atoms with Crippen LogP contribution in [0.4, 0.5) is 10.1 Å². The van der Waals surface area contributed by atoms with Crippen LogP contribution in [-0.2, 0) is 5.41 Å². The van der Waals surface area contributed by atoms with Gasteiger partial charge in [-0.1, -0.05) is 39.8 Å². The highest BCUT2D eigenvalue weighted by Gasteiger charge is 2.39. The maximum absolute atomic E-state index is 16.1. The number of hydrogen-bond donors (Lipinski definition) is 1. The molecule has 1 aromatic carbocycles. The second-order valence-electron chi connectivity index (χ2n) is 12.1. The maximum atomic E-state index is 16.1. The normalized spacial score (nSPS) is 25.9. The average Bonchev–Trinajstić information content (AvgIpc) is 2.89. The summed E-state index contributed by atoms with van der Waals surface area (Å²) in [6, 6.07) is 4.10. The molecule has 2 fully saturated rings. The molecular formula is C31H44FN5. The van der Waals surface area contributed by atoms with Crippen molar-refractivity contribution in [3.05, 3.63) is 65.5 Å². The third-order valence-corrected chi connectivity index (χ3v) is 9.39. The molecule has 1 N–H and O–H groups in total. The molecule has 5 rings (SSSR count). The Morgan fingerprint density at radius 3 is 2.54 bits per heavy atom. The van der Waals surface area contributed by atoms with Crippen LogP contribution in [0.25, 0.3) is 0 Å². The van der Waals surface area contributed by atoms with Crippen LogP contribution < -0.4 is 10.2 Å². The Kier molecular flexibility index (Phi) is 7.12. The van der Waals surface area contributed by atoms with Gasteiger partial charge in [-0.25, -0.2) is 4.39 Å².